The van der Waals surface area contributed by atoms with Crippen LogP contribution in [0.2, 0.25) is 0 Å². The molecule has 0 spiro atoms. The SMILES string of the molecule is c1ccc(O[SiH2]OC(c2ccccc2)c2ccccc2)cc1. The van der Waals surface area contributed by atoms with Crippen LogP contribution < -0.4 is 4.43 Å². The van der Waals surface area contributed by atoms with Crippen LogP contribution in [-0.4, -0.2) is 10.0 Å². The van der Waals surface area contributed by atoms with Crippen LogP contribution >= 0.6 is 0 Å². The van der Waals surface area contributed by atoms with Crippen LogP contribution in [0.5, 0.6) is 5.75 Å². The van der Waals surface area contributed by atoms with Gasteiger partial charge in [0.1, 0.15) is 5.75 Å². The Hall–Kier alpha value is -2.36. The third-order valence-electron chi connectivity index (χ3n) is 3.41. The lowest BCUT2D eigenvalue weighted by Crippen LogP contribution is -2.14. The van der Waals surface area contributed by atoms with E-state index >= 15 is 0 Å². The van der Waals surface area contributed by atoms with Crippen LogP contribution in [0.15, 0.2) is 91.0 Å². The van der Waals surface area contributed by atoms with Crippen molar-refractivity contribution in [1.82, 2.24) is 0 Å². The zero-order valence-electron chi connectivity index (χ0n) is 12.3. The molecule has 0 aliphatic rings. The molecule has 0 heterocycles. The van der Waals surface area contributed by atoms with E-state index in [4.69, 9.17) is 8.85 Å². The van der Waals surface area contributed by atoms with Gasteiger partial charge in [0.15, 0.2) is 0 Å². The van der Waals surface area contributed by atoms with E-state index in [0.717, 1.165) is 16.9 Å². The van der Waals surface area contributed by atoms with Gasteiger partial charge in [0.25, 0.3) is 0 Å². The minimum Gasteiger partial charge on any atom is -0.525 e. The van der Waals surface area contributed by atoms with Crippen molar-refractivity contribution < 1.29 is 8.85 Å². The first-order valence-electron chi connectivity index (χ1n) is 7.33. The van der Waals surface area contributed by atoms with Crippen LogP contribution in [0.1, 0.15) is 17.2 Å². The molecule has 3 aromatic carbocycles. The molecule has 3 rings (SSSR count). The first kappa shape index (κ1) is 14.6. The molecule has 2 nitrogen and oxygen atoms in total. The molecular weight excluding hydrogens is 288 g/mol. The fourth-order valence-electron chi connectivity index (χ4n) is 2.33. The van der Waals surface area contributed by atoms with Gasteiger partial charge < -0.3 is 8.85 Å². The molecule has 0 aliphatic carbocycles. The van der Waals surface area contributed by atoms with Gasteiger partial charge in [-0.15, -0.1) is 0 Å². The molecule has 0 saturated carbocycles. The van der Waals surface area contributed by atoms with Crippen molar-refractivity contribution >= 4 is 10.0 Å². The Kier molecular flexibility index (Phi) is 5.03. The summed E-state index contributed by atoms with van der Waals surface area (Å²) < 4.78 is 11.9. The Morgan fingerprint density at radius 2 is 1.05 bits per heavy atom. The van der Waals surface area contributed by atoms with E-state index in [1.165, 1.54) is 0 Å². The molecule has 0 unspecified atom stereocenters. The van der Waals surface area contributed by atoms with Crippen LogP contribution in [0, 0.1) is 0 Å². The molecule has 0 amide bonds. The van der Waals surface area contributed by atoms with E-state index in [9.17, 15) is 0 Å². The first-order valence-corrected chi connectivity index (χ1v) is 8.48. The predicted octanol–water partition coefficient (Wildman–Crippen LogP) is 3.87. The molecule has 0 aliphatic heterocycles. The van der Waals surface area contributed by atoms with Gasteiger partial charge in [0.05, 0.1) is 6.10 Å². The van der Waals surface area contributed by atoms with Crippen LogP contribution in [0.3, 0.4) is 0 Å². The molecule has 3 heteroatoms. The van der Waals surface area contributed by atoms with E-state index in [1.807, 2.05) is 66.7 Å². The number of para-hydroxylation sites is 1. The summed E-state index contributed by atoms with van der Waals surface area (Å²) in [5.41, 5.74) is 2.30. The molecule has 0 radical (unpaired) electrons. The summed E-state index contributed by atoms with van der Waals surface area (Å²) in [5, 5.41) is 0. The average Bonchev–Trinajstić information content (AvgIpc) is 2.61. The van der Waals surface area contributed by atoms with Crippen molar-refractivity contribution in [2.45, 2.75) is 6.10 Å². The van der Waals surface area contributed by atoms with Crippen LogP contribution in [0.4, 0.5) is 0 Å². The molecule has 110 valence electrons. The zero-order valence-corrected chi connectivity index (χ0v) is 13.7. The minimum absolute atomic E-state index is 0.0715. The highest BCUT2D eigenvalue weighted by Gasteiger charge is 2.14. The van der Waals surface area contributed by atoms with Gasteiger partial charge in [0, 0.05) is 0 Å². The monoisotopic (exact) mass is 306 g/mol. The third kappa shape index (κ3) is 3.84. The van der Waals surface area contributed by atoms with E-state index in [2.05, 4.69) is 24.3 Å². The highest BCUT2D eigenvalue weighted by Crippen LogP contribution is 2.25. The second-order valence-electron chi connectivity index (χ2n) is 4.94. The molecule has 0 bridgehead atoms. The quantitative estimate of drug-likeness (QED) is 0.644. The molecule has 3 aromatic rings. The van der Waals surface area contributed by atoms with Crippen molar-refractivity contribution in [2.75, 3.05) is 0 Å². The number of benzene rings is 3. The molecule has 0 saturated heterocycles. The van der Waals surface area contributed by atoms with Crippen LogP contribution in [-0.2, 0) is 4.43 Å². The first-order chi connectivity index (χ1) is 10.9. The third-order valence-corrected chi connectivity index (χ3v) is 4.33. The van der Waals surface area contributed by atoms with Crippen molar-refractivity contribution in [2.24, 2.45) is 0 Å². The fraction of sp³-hybridized carbons (Fsp3) is 0.0526. The van der Waals surface area contributed by atoms with Gasteiger partial charge >= 0.3 is 10.0 Å². The smallest absolute Gasteiger partial charge is 0.366 e. The highest BCUT2D eigenvalue weighted by molar-refractivity contribution is 6.19. The van der Waals surface area contributed by atoms with Gasteiger partial charge in [0.2, 0.25) is 0 Å². The zero-order chi connectivity index (χ0) is 15.0. The van der Waals surface area contributed by atoms with Crippen molar-refractivity contribution in [3.63, 3.8) is 0 Å². The predicted molar refractivity (Wildman–Crippen MR) is 91.4 cm³/mol. The number of hydrogen-bond acceptors (Lipinski definition) is 2. The Morgan fingerprint density at radius 1 is 0.591 bits per heavy atom. The van der Waals surface area contributed by atoms with E-state index in [1.54, 1.807) is 0 Å². The summed E-state index contributed by atoms with van der Waals surface area (Å²) in [5.74, 6) is 0.869. The summed E-state index contributed by atoms with van der Waals surface area (Å²) in [4.78, 5) is 0. The number of hydrogen-bond donors (Lipinski definition) is 0. The summed E-state index contributed by atoms with van der Waals surface area (Å²) in [6.07, 6.45) is -0.0715. The summed E-state index contributed by atoms with van der Waals surface area (Å²) in [7, 11) is -1.12. The van der Waals surface area contributed by atoms with Crippen molar-refractivity contribution in [1.29, 1.82) is 0 Å². The Labute approximate surface area is 133 Å². The maximum absolute atomic E-state index is 6.13. The molecule has 22 heavy (non-hydrogen) atoms. The highest BCUT2D eigenvalue weighted by atomic mass is 28.3. The lowest BCUT2D eigenvalue weighted by atomic mass is 10.0. The van der Waals surface area contributed by atoms with E-state index in [-0.39, 0.29) is 6.10 Å². The van der Waals surface area contributed by atoms with Gasteiger partial charge in [-0.3, -0.25) is 0 Å². The molecule has 0 N–H and O–H groups in total. The van der Waals surface area contributed by atoms with Gasteiger partial charge in [-0.1, -0.05) is 78.9 Å². The van der Waals surface area contributed by atoms with Gasteiger partial charge in [-0.05, 0) is 23.3 Å². The van der Waals surface area contributed by atoms with E-state index < -0.39 is 10.0 Å². The Balaban J connectivity index is 1.72. The maximum atomic E-state index is 6.13. The summed E-state index contributed by atoms with van der Waals surface area (Å²) >= 11 is 0. The molecule has 0 aromatic heterocycles. The minimum atomic E-state index is -1.12. The summed E-state index contributed by atoms with van der Waals surface area (Å²) in [6.45, 7) is 0. The fourth-order valence-corrected chi connectivity index (χ4v) is 3.24. The Morgan fingerprint density at radius 3 is 1.55 bits per heavy atom. The van der Waals surface area contributed by atoms with Gasteiger partial charge in [-0.2, -0.15) is 0 Å². The molecular formula is C19H18O2Si. The summed E-state index contributed by atoms with van der Waals surface area (Å²) in [6, 6.07) is 30.4. The largest absolute Gasteiger partial charge is 0.525 e. The van der Waals surface area contributed by atoms with Crippen LogP contribution in [0.25, 0.3) is 0 Å². The van der Waals surface area contributed by atoms with Gasteiger partial charge in [-0.25, -0.2) is 0 Å². The lowest BCUT2D eigenvalue weighted by Gasteiger charge is -2.19. The van der Waals surface area contributed by atoms with Crippen molar-refractivity contribution in [3.05, 3.63) is 102 Å². The van der Waals surface area contributed by atoms with Crippen molar-refractivity contribution in [3.8, 4) is 5.75 Å². The average molecular weight is 306 g/mol. The second-order valence-corrected chi connectivity index (χ2v) is 5.80. The topological polar surface area (TPSA) is 18.5 Å². The normalized spacial score (nSPS) is 11.1. The van der Waals surface area contributed by atoms with E-state index in [0.29, 0.717) is 0 Å². The standard InChI is InChI=1S/C19H18O2Si/c1-4-10-16(11-5-1)19(17-12-6-2-7-13-17)21-22-20-18-14-8-3-9-15-18/h1-15,19H,22H2. The lowest BCUT2D eigenvalue weighted by molar-refractivity contribution is 0.227. The second kappa shape index (κ2) is 7.59. The molecule has 0 fully saturated rings. The number of rotatable bonds is 6. The maximum Gasteiger partial charge on any atom is 0.366 e. The molecule has 0 atom stereocenters. The Bertz CT molecular complexity index is 632.